The van der Waals surface area contributed by atoms with Gasteiger partial charge in [-0.3, -0.25) is 9.10 Å². The summed E-state index contributed by atoms with van der Waals surface area (Å²) in [6.07, 6.45) is 1.09. The zero-order valence-electron chi connectivity index (χ0n) is 15.8. The van der Waals surface area contributed by atoms with E-state index < -0.39 is 10.0 Å². The van der Waals surface area contributed by atoms with Crippen molar-refractivity contribution >= 4 is 33.0 Å². The number of carbonyl (C=O) groups excluding carboxylic acids is 1. The summed E-state index contributed by atoms with van der Waals surface area (Å²) in [6, 6.07) is 12.7. The van der Waals surface area contributed by atoms with Gasteiger partial charge in [0.1, 0.15) is 6.54 Å². The summed E-state index contributed by atoms with van der Waals surface area (Å²) in [5.41, 5.74) is 4.10. The van der Waals surface area contributed by atoms with Crippen LogP contribution in [0.15, 0.2) is 42.5 Å². The molecule has 0 atom stereocenters. The van der Waals surface area contributed by atoms with Gasteiger partial charge in [0.15, 0.2) is 0 Å². The van der Waals surface area contributed by atoms with E-state index in [1.165, 1.54) is 0 Å². The molecule has 1 N–H and O–H groups in total. The average Bonchev–Trinajstić information content (AvgIpc) is 2.54. The van der Waals surface area contributed by atoms with Crippen molar-refractivity contribution in [3.8, 4) is 0 Å². The summed E-state index contributed by atoms with van der Waals surface area (Å²) in [4.78, 5) is 14.3. The van der Waals surface area contributed by atoms with Crippen molar-refractivity contribution in [2.75, 3.05) is 41.4 Å². The predicted molar refractivity (Wildman–Crippen MR) is 108 cm³/mol. The second-order valence-corrected chi connectivity index (χ2v) is 8.45. The highest BCUT2D eigenvalue weighted by atomic mass is 32.2. The second-order valence-electron chi connectivity index (χ2n) is 6.55. The van der Waals surface area contributed by atoms with Crippen LogP contribution >= 0.6 is 0 Å². The Kier molecular flexibility index (Phi) is 5.92. The first-order valence-electron chi connectivity index (χ1n) is 8.20. The van der Waals surface area contributed by atoms with Crippen molar-refractivity contribution in [2.45, 2.75) is 13.8 Å². The Morgan fingerprint density at radius 3 is 2.08 bits per heavy atom. The first-order valence-corrected chi connectivity index (χ1v) is 10.0. The zero-order chi connectivity index (χ0) is 19.5. The molecule has 26 heavy (non-hydrogen) atoms. The third kappa shape index (κ3) is 4.98. The number of benzene rings is 2. The molecule has 0 heterocycles. The largest absolute Gasteiger partial charge is 0.378 e. The molecule has 0 aliphatic carbocycles. The molecule has 140 valence electrons. The topological polar surface area (TPSA) is 69.7 Å². The highest BCUT2D eigenvalue weighted by Crippen LogP contribution is 2.22. The van der Waals surface area contributed by atoms with Gasteiger partial charge >= 0.3 is 0 Å². The Bertz CT molecular complexity index is 891. The lowest BCUT2D eigenvalue weighted by Gasteiger charge is -2.23. The first kappa shape index (κ1) is 19.8. The number of anilines is 3. The van der Waals surface area contributed by atoms with Crippen LogP contribution < -0.4 is 14.5 Å². The second kappa shape index (κ2) is 7.78. The fourth-order valence-electron chi connectivity index (χ4n) is 2.59. The Labute approximate surface area is 155 Å². The molecule has 0 saturated carbocycles. The van der Waals surface area contributed by atoms with Crippen LogP contribution in [0.25, 0.3) is 0 Å². The molecule has 0 aliphatic rings. The summed E-state index contributed by atoms with van der Waals surface area (Å²) in [6.45, 7) is 3.59. The highest BCUT2D eigenvalue weighted by Gasteiger charge is 2.21. The van der Waals surface area contributed by atoms with E-state index in [0.717, 1.165) is 27.4 Å². The fourth-order valence-corrected chi connectivity index (χ4v) is 3.45. The van der Waals surface area contributed by atoms with Crippen LogP contribution in [0.2, 0.25) is 0 Å². The van der Waals surface area contributed by atoms with Gasteiger partial charge in [-0.1, -0.05) is 17.7 Å². The van der Waals surface area contributed by atoms with E-state index in [1.54, 1.807) is 12.1 Å². The summed E-state index contributed by atoms with van der Waals surface area (Å²) >= 11 is 0. The molecule has 0 saturated heterocycles. The van der Waals surface area contributed by atoms with E-state index >= 15 is 0 Å². The Balaban J connectivity index is 2.21. The molecule has 6 nitrogen and oxygen atoms in total. The number of carbonyl (C=O) groups is 1. The number of aryl methyl sites for hydroxylation is 2. The molecular weight excluding hydrogens is 350 g/mol. The first-order chi connectivity index (χ1) is 12.1. The average molecular weight is 375 g/mol. The summed E-state index contributed by atoms with van der Waals surface area (Å²) in [7, 11) is 0.211. The Hall–Kier alpha value is -2.54. The van der Waals surface area contributed by atoms with Gasteiger partial charge in [-0.15, -0.1) is 0 Å². The molecule has 2 aromatic rings. The zero-order valence-corrected chi connectivity index (χ0v) is 16.6. The smallest absolute Gasteiger partial charge is 0.245 e. The number of hydrogen-bond donors (Lipinski definition) is 1. The van der Waals surface area contributed by atoms with E-state index in [1.807, 2.05) is 63.2 Å². The molecule has 0 aromatic heterocycles. The number of rotatable bonds is 6. The minimum atomic E-state index is -3.60. The van der Waals surface area contributed by atoms with Gasteiger partial charge in [0, 0.05) is 25.5 Å². The van der Waals surface area contributed by atoms with E-state index in [-0.39, 0.29) is 12.5 Å². The van der Waals surface area contributed by atoms with Crippen molar-refractivity contribution in [2.24, 2.45) is 0 Å². The Morgan fingerprint density at radius 1 is 1.00 bits per heavy atom. The molecule has 7 heteroatoms. The van der Waals surface area contributed by atoms with Crippen LogP contribution in [0.4, 0.5) is 17.1 Å². The predicted octanol–water partition coefficient (Wildman–Crippen LogP) is 2.77. The summed E-state index contributed by atoms with van der Waals surface area (Å²) in [5, 5.41) is 2.79. The van der Waals surface area contributed by atoms with Crippen LogP contribution in [-0.2, 0) is 14.8 Å². The number of amides is 1. The monoisotopic (exact) mass is 375 g/mol. The number of nitrogens with one attached hydrogen (secondary N) is 1. The number of nitrogens with zero attached hydrogens (tertiary/aromatic N) is 2. The molecule has 2 rings (SSSR count). The van der Waals surface area contributed by atoms with E-state index in [0.29, 0.717) is 11.4 Å². The third-order valence-corrected chi connectivity index (χ3v) is 5.14. The quantitative estimate of drug-likeness (QED) is 0.843. The van der Waals surface area contributed by atoms with E-state index in [9.17, 15) is 13.2 Å². The standard InChI is InChI=1S/C19H25N3O3S/c1-14-6-11-18(15(2)12-14)20-19(23)13-22(26(5,24)25)17-9-7-16(8-10-17)21(3)4/h6-12H,13H2,1-5H3,(H,20,23). The Morgan fingerprint density at radius 2 is 1.58 bits per heavy atom. The molecule has 0 radical (unpaired) electrons. The van der Waals surface area contributed by atoms with Crippen LogP contribution in [-0.4, -0.2) is 41.2 Å². The van der Waals surface area contributed by atoms with Crippen molar-refractivity contribution in [1.29, 1.82) is 0 Å². The van der Waals surface area contributed by atoms with Crippen molar-refractivity contribution in [3.05, 3.63) is 53.6 Å². The van der Waals surface area contributed by atoms with Gasteiger partial charge in [0.25, 0.3) is 0 Å². The van der Waals surface area contributed by atoms with Crippen molar-refractivity contribution < 1.29 is 13.2 Å². The van der Waals surface area contributed by atoms with E-state index in [4.69, 9.17) is 0 Å². The molecule has 1 amide bonds. The van der Waals surface area contributed by atoms with Crippen molar-refractivity contribution in [1.82, 2.24) is 0 Å². The SMILES string of the molecule is Cc1ccc(NC(=O)CN(c2ccc(N(C)C)cc2)S(C)(=O)=O)c(C)c1. The maximum absolute atomic E-state index is 12.4. The minimum absolute atomic E-state index is 0.284. The minimum Gasteiger partial charge on any atom is -0.378 e. The normalized spacial score (nSPS) is 11.1. The maximum Gasteiger partial charge on any atom is 0.245 e. The summed E-state index contributed by atoms with van der Waals surface area (Å²) in [5.74, 6) is -0.390. The highest BCUT2D eigenvalue weighted by molar-refractivity contribution is 7.92. The van der Waals surface area contributed by atoms with Crippen molar-refractivity contribution in [3.63, 3.8) is 0 Å². The van der Waals surface area contributed by atoms with Gasteiger partial charge in [-0.05, 0) is 49.7 Å². The third-order valence-electron chi connectivity index (χ3n) is 4.00. The molecular formula is C19H25N3O3S. The van der Waals surface area contributed by atoms with Crippen LogP contribution in [0, 0.1) is 13.8 Å². The molecule has 2 aromatic carbocycles. The molecule has 0 unspecified atom stereocenters. The van der Waals surface area contributed by atoms with Crippen LogP contribution in [0.1, 0.15) is 11.1 Å². The number of hydrogen-bond acceptors (Lipinski definition) is 4. The molecule has 0 spiro atoms. The maximum atomic E-state index is 12.4. The van der Waals surface area contributed by atoms with Gasteiger partial charge in [-0.2, -0.15) is 0 Å². The van der Waals surface area contributed by atoms with Gasteiger partial charge < -0.3 is 10.2 Å². The van der Waals surface area contributed by atoms with Gasteiger partial charge in [0.2, 0.25) is 15.9 Å². The van der Waals surface area contributed by atoms with Gasteiger partial charge in [0.05, 0.1) is 11.9 Å². The van der Waals surface area contributed by atoms with Crippen LogP contribution in [0.5, 0.6) is 0 Å². The molecule has 0 fully saturated rings. The lowest BCUT2D eigenvalue weighted by Crippen LogP contribution is -2.37. The van der Waals surface area contributed by atoms with Gasteiger partial charge in [-0.25, -0.2) is 8.42 Å². The van der Waals surface area contributed by atoms with Crippen LogP contribution in [0.3, 0.4) is 0 Å². The molecule has 0 aliphatic heterocycles. The fraction of sp³-hybridized carbons (Fsp3) is 0.316. The lowest BCUT2D eigenvalue weighted by molar-refractivity contribution is -0.114. The lowest BCUT2D eigenvalue weighted by atomic mass is 10.1. The summed E-state index contributed by atoms with van der Waals surface area (Å²) < 4.78 is 25.5. The molecule has 0 bridgehead atoms. The number of sulfonamides is 1. The van der Waals surface area contributed by atoms with E-state index in [2.05, 4.69) is 5.32 Å².